The van der Waals surface area contributed by atoms with Gasteiger partial charge in [0.1, 0.15) is 42.6 Å². The highest BCUT2D eigenvalue weighted by Crippen LogP contribution is 2.36. The number of carboxylic acids is 1. The Kier molecular flexibility index (Phi) is 13.2. The van der Waals surface area contributed by atoms with E-state index in [0.717, 1.165) is 66.0 Å². The number of hydrogen-bond donors (Lipinski definition) is 4. The standard InChI is InChI=1S/C39H43ClN4O7/c1-25-29(6-3-7-32(25)33-8-4-9-36(26(33)2)49-13-5-11-44-12-10-31(46)21-44)24-51-38-16-37(50-23-28-14-27(17-41)18-42-19-28)30(15-34(38)40)20-43-35(22-45)39(47)48/h3-4,6-9,14-16,18-19,31,35,43,45-46H,5,10-13,20-24H2,1-2H3,(H,47,48)/t31-,35+/m1/s1. The molecule has 1 saturated heterocycles. The molecule has 0 saturated carbocycles. The third kappa shape index (κ3) is 9.97. The summed E-state index contributed by atoms with van der Waals surface area (Å²) in [5.41, 5.74) is 6.81. The maximum absolute atomic E-state index is 11.5. The van der Waals surface area contributed by atoms with E-state index in [0.29, 0.717) is 39.8 Å². The number of β-amino-alcohol motifs (C(OH)–C–C–N with tert-alkyl or cyclic N) is 1. The first-order valence-corrected chi connectivity index (χ1v) is 17.2. The van der Waals surface area contributed by atoms with Crippen molar-refractivity contribution in [3.63, 3.8) is 0 Å². The molecule has 51 heavy (non-hydrogen) atoms. The van der Waals surface area contributed by atoms with Gasteiger partial charge in [-0.15, -0.1) is 0 Å². The summed E-state index contributed by atoms with van der Waals surface area (Å²) >= 11 is 6.69. The number of benzene rings is 3. The second-order valence-electron chi connectivity index (χ2n) is 12.6. The first-order valence-electron chi connectivity index (χ1n) is 16.9. The maximum atomic E-state index is 11.5. The number of aromatic nitrogens is 1. The Balaban J connectivity index is 1.31. The van der Waals surface area contributed by atoms with Crippen LogP contribution in [-0.4, -0.2) is 76.2 Å². The zero-order valence-corrected chi connectivity index (χ0v) is 29.5. The number of aliphatic carboxylic acids is 1. The van der Waals surface area contributed by atoms with Crippen molar-refractivity contribution in [2.24, 2.45) is 0 Å². The highest BCUT2D eigenvalue weighted by Gasteiger charge is 2.20. The number of pyridine rings is 1. The first kappa shape index (κ1) is 37.6. The number of aliphatic hydroxyl groups is 2. The Hall–Kier alpha value is -4.70. The zero-order chi connectivity index (χ0) is 36.3. The minimum atomic E-state index is -1.19. The third-order valence-corrected chi connectivity index (χ3v) is 9.28. The van der Waals surface area contributed by atoms with Gasteiger partial charge in [0.15, 0.2) is 0 Å². The van der Waals surface area contributed by atoms with Crippen LogP contribution in [0.3, 0.4) is 0 Å². The predicted octanol–water partition coefficient (Wildman–Crippen LogP) is 5.42. The fourth-order valence-corrected chi connectivity index (χ4v) is 6.29. The molecule has 11 nitrogen and oxygen atoms in total. The molecule has 1 aromatic heterocycles. The summed E-state index contributed by atoms with van der Waals surface area (Å²) in [6.07, 6.45) is 4.55. The molecule has 5 rings (SSSR count). The molecule has 1 aliphatic heterocycles. The Bertz CT molecular complexity index is 1860. The second kappa shape index (κ2) is 18.0. The highest BCUT2D eigenvalue weighted by atomic mass is 35.5. The minimum absolute atomic E-state index is 0.0508. The quantitative estimate of drug-likeness (QED) is 0.104. The number of carbonyl (C=O) groups is 1. The Morgan fingerprint density at radius 3 is 2.51 bits per heavy atom. The Labute approximate surface area is 303 Å². The van der Waals surface area contributed by atoms with Gasteiger partial charge in [0, 0.05) is 55.8 Å². The third-order valence-electron chi connectivity index (χ3n) is 8.98. The number of carboxylic acid groups (broad SMARTS) is 1. The number of hydrogen-bond acceptors (Lipinski definition) is 10. The van der Waals surface area contributed by atoms with Crippen LogP contribution in [0.15, 0.2) is 67.0 Å². The van der Waals surface area contributed by atoms with Gasteiger partial charge in [-0.1, -0.05) is 41.9 Å². The maximum Gasteiger partial charge on any atom is 0.323 e. The van der Waals surface area contributed by atoms with Crippen molar-refractivity contribution in [2.45, 2.75) is 58.6 Å². The van der Waals surface area contributed by atoms with Crippen molar-refractivity contribution < 1.29 is 34.3 Å². The molecule has 0 radical (unpaired) electrons. The van der Waals surface area contributed by atoms with E-state index in [2.05, 4.69) is 47.3 Å². The van der Waals surface area contributed by atoms with Gasteiger partial charge >= 0.3 is 5.97 Å². The molecule has 0 amide bonds. The van der Waals surface area contributed by atoms with Crippen LogP contribution in [0.2, 0.25) is 5.02 Å². The lowest BCUT2D eigenvalue weighted by molar-refractivity contribution is -0.140. The van der Waals surface area contributed by atoms with Crippen LogP contribution in [0.5, 0.6) is 17.2 Å². The summed E-state index contributed by atoms with van der Waals surface area (Å²) in [7, 11) is 0. The van der Waals surface area contributed by atoms with Crippen LogP contribution < -0.4 is 19.5 Å². The molecule has 1 aliphatic rings. The number of nitrogens with one attached hydrogen (secondary N) is 1. The van der Waals surface area contributed by atoms with Gasteiger partial charge in [-0.3, -0.25) is 15.1 Å². The highest BCUT2D eigenvalue weighted by molar-refractivity contribution is 6.32. The number of likely N-dealkylation sites (tertiary alicyclic amines) is 1. The van der Waals surface area contributed by atoms with Gasteiger partial charge in [-0.2, -0.15) is 5.26 Å². The Morgan fingerprint density at radius 2 is 1.78 bits per heavy atom. The molecule has 0 aliphatic carbocycles. The number of nitrogens with zero attached hydrogens (tertiary/aromatic N) is 3. The molecule has 0 bridgehead atoms. The lowest BCUT2D eigenvalue weighted by atomic mass is 9.93. The normalized spacial score (nSPS) is 14.9. The van der Waals surface area contributed by atoms with E-state index in [1.807, 2.05) is 24.3 Å². The van der Waals surface area contributed by atoms with Crippen LogP contribution in [0.1, 0.15) is 46.2 Å². The minimum Gasteiger partial charge on any atom is -0.493 e. The van der Waals surface area contributed by atoms with Crippen molar-refractivity contribution >= 4 is 17.6 Å². The van der Waals surface area contributed by atoms with Gasteiger partial charge in [-0.25, -0.2) is 0 Å². The summed E-state index contributed by atoms with van der Waals surface area (Å²) < 4.78 is 18.6. The zero-order valence-electron chi connectivity index (χ0n) is 28.8. The summed E-state index contributed by atoms with van der Waals surface area (Å²) in [6.45, 7) is 7.04. The van der Waals surface area contributed by atoms with Crippen molar-refractivity contribution in [1.82, 2.24) is 15.2 Å². The molecule has 2 heterocycles. The second-order valence-corrected chi connectivity index (χ2v) is 13.0. The van der Waals surface area contributed by atoms with Crippen molar-refractivity contribution in [3.8, 4) is 34.4 Å². The van der Waals surface area contributed by atoms with E-state index in [1.165, 1.54) is 6.20 Å². The first-order chi connectivity index (χ1) is 24.7. The lowest BCUT2D eigenvalue weighted by Gasteiger charge is -2.19. The SMILES string of the molecule is Cc1c(COc2cc(OCc3cncc(C#N)c3)c(CN[C@@H](CO)C(=O)O)cc2Cl)cccc1-c1cccc(OCCCN2CC[C@@H](O)C2)c1C. The molecule has 1 fully saturated rings. The van der Waals surface area contributed by atoms with Crippen molar-refractivity contribution in [2.75, 3.05) is 32.8 Å². The van der Waals surface area contributed by atoms with Gasteiger partial charge in [0.2, 0.25) is 0 Å². The van der Waals surface area contributed by atoms with E-state index in [9.17, 15) is 25.4 Å². The average Bonchev–Trinajstić information content (AvgIpc) is 3.55. The molecule has 4 N–H and O–H groups in total. The number of rotatable bonds is 17. The van der Waals surface area contributed by atoms with E-state index in [1.54, 1.807) is 24.4 Å². The van der Waals surface area contributed by atoms with Crippen LogP contribution in [-0.2, 0) is 24.6 Å². The molecule has 12 heteroatoms. The Morgan fingerprint density at radius 1 is 1.02 bits per heavy atom. The van der Waals surface area contributed by atoms with E-state index in [4.69, 9.17) is 25.8 Å². The van der Waals surface area contributed by atoms with Gasteiger partial charge < -0.3 is 34.4 Å². The molecular formula is C39H43ClN4O7. The van der Waals surface area contributed by atoms with Crippen molar-refractivity contribution in [1.29, 1.82) is 5.26 Å². The molecular weight excluding hydrogens is 672 g/mol. The summed E-state index contributed by atoms with van der Waals surface area (Å²) in [4.78, 5) is 17.8. The molecule has 0 unspecified atom stereocenters. The number of nitriles is 1. The van der Waals surface area contributed by atoms with Crippen molar-refractivity contribution in [3.05, 3.63) is 105 Å². The van der Waals surface area contributed by atoms with Gasteiger partial charge in [0.05, 0.1) is 29.9 Å². The smallest absolute Gasteiger partial charge is 0.323 e. The van der Waals surface area contributed by atoms with Gasteiger partial charge in [0.25, 0.3) is 0 Å². The van der Waals surface area contributed by atoms with Crippen LogP contribution in [0.4, 0.5) is 0 Å². The predicted molar refractivity (Wildman–Crippen MR) is 193 cm³/mol. The van der Waals surface area contributed by atoms with E-state index >= 15 is 0 Å². The summed E-state index contributed by atoms with van der Waals surface area (Å²) in [6, 6.07) is 18.0. The average molecular weight is 715 g/mol. The van der Waals surface area contributed by atoms with Gasteiger partial charge in [-0.05, 0) is 72.7 Å². The number of aliphatic hydroxyl groups excluding tert-OH is 2. The van der Waals surface area contributed by atoms with Crippen LogP contribution >= 0.6 is 11.6 Å². The number of halogens is 1. The molecule has 268 valence electrons. The largest absolute Gasteiger partial charge is 0.493 e. The fourth-order valence-electron chi connectivity index (χ4n) is 6.05. The summed E-state index contributed by atoms with van der Waals surface area (Å²) in [5, 5.41) is 41.0. The fraction of sp³-hybridized carbons (Fsp3) is 0.359. The van der Waals surface area contributed by atoms with Crippen LogP contribution in [0, 0.1) is 25.2 Å². The molecule has 0 spiro atoms. The summed E-state index contributed by atoms with van der Waals surface area (Å²) in [5.74, 6) is 0.415. The molecule has 3 aromatic carbocycles. The topological polar surface area (TPSA) is 157 Å². The van der Waals surface area contributed by atoms with E-state index < -0.39 is 18.6 Å². The van der Waals surface area contributed by atoms with Crippen LogP contribution in [0.25, 0.3) is 11.1 Å². The number of ether oxygens (including phenoxy) is 3. The molecule has 2 atom stereocenters. The monoisotopic (exact) mass is 714 g/mol. The lowest BCUT2D eigenvalue weighted by Crippen LogP contribution is -2.39. The van der Waals surface area contributed by atoms with E-state index in [-0.39, 0.29) is 25.9 Å². The molecule has 4 aromatic rings.